The van der Waals surface area contributed by atoms with Crippen molar-refractivity contribution in [3.8, 4) is 5.75 Å². The third-order valence-corrected chi connectivity index (χ3v) is 4.47. The van der Waals surface area contributed by atoms with Gasteiger partial charge in [0.15, 0.2) is 0 Å². The number of carbonyl (C=O) groups is 1. The number of rotatable bonds is 6. The van der Waals surface area contributed by atoms with Gasteiger partial charge >= 0.3 is 0 Å². The van der Waals surface area contributed by atoms with E-state index in [1.54, 1.807) is 12.1 Å². The van der Waals surface area contributed by atoms with E-state index in [1.165, 1.54) is 6.07 Å². The number of nitro benzene ring substituents is 1. The van der Waals surface area contributed by atoms with Crippen LogP contribution < -0.4 is 9.64 Å². The van der Waals surface area contributed by atoms with Crippen molar-refractivity contribution in [1.82, 2.24) is 0 Å². The lowest BCUT2D eigenvalue weighted by molar-refractivity contribution is -0.384. The molecule has 0 aliphatic carbocycles. The van der Waals surface area contributed by atoms with E-state index in [0.29, 0.717) is 24.1 Å². The van der Waals surface area contributed by atoms with Gasteiger partial charge in [-0.2, -0.15) is 0 Å². The van der Waals surface area contributed by atoms with Crippen molar-refractivity contribution in [2.24, 2.45) is 0 Å². The van der Waals surface area contributed by atoms with Crippen molar-refractivity contribution >= 4 is 17.7 Å². The molecule has 0 amide bonds. The Labute approximate surface area is 146 Å². The zero-order valence-electron chi connectivity index (χ0n) is 14.1. The molecule has 2 aromatic carbocycles. The first-order valence-corrected chi connectivity index (χ1v) is 8.37. The predicted octanol–water partition coefficient (Wildman–Crippen LogP) is 4.15. The lowest BCUT2D eigenvalue weighted by atomic mass is 10.0. The van der Waals surface area contributed by atoms with Crippen LogP contribution in [0.3, 0.4) is 0 Å². The van der Waals surface area contributed by atoms with E-state index in [-0.39, 0.29) is 11.7 Å². The van der Waals surface area contributed by atoms with Crippen LogP contribution in [0.1, 0.15) is 41.7 Å². The summed E-state index contributed by atoms with van der Waals surface area (Å²) in [6, 6.07) is 12.6. The first-order chi connectivity index (χ1) is 12.1. The smallest absolute Gasteiger partial charge is 0.293 e. The van der Waals surface area contributed by atoms with E-state index in [0.717, 1.165) is 30.7 Å². The molecule has 1 saturated heterocycles. The van der Waals surface area contributed by atoms with E-state index in [4.69, 9.17) is 4.74 Å². The van der Waals surface area contributed by atoms with Gasteiger partial charge < -0.3 is 9.64 Å². The number of nitro groups is 1. The monoisotopic (exact) mass is 340 g/mol. The largest absolute Gasteiger partial charge is 0.494 e. The van der Waals surface area contributed by atoms with E-state index in [2.05, 4.69) is 4.90 Å². The summed E-state index contributed by atoms with van der Waals surface area (Å²) >= 11 is 0. The molecule has 0 unspecified atom stereocenters. The van der Waals surface area contributed by atoms with Gasteiger partial charge in [0.2, 0.25) is 0 Å². The van der Waals surface area contributed by atoms with Gasteiger partial charge in [-0.05, 0) is 49.6 Å². The molecule has 0 N–H and O–H groups in total. The zero-order valence-corrected chi connectivity index (χ0v) is 14.1. The average Bonchev–Trinajstić information content (AvgIpc) is 3.11. The Kier molecular flexibility index (Phi) is 4.97. The Morgan fingerprint density at radius 3 is 2.68 bits per heavy atom. The molecule has 1 heterocycles. The molecule has 0 radical (unpaired) electrons. The van der Waals surface area contributed by atoms with Gasteiger partial charge in [-0.1, -0.05) is 12.1 Å². The maximum atomic E-state index is 11.5. The molecular formula is C19H20N2O4. The Hall–Kier alpha value is -2.89. The summed E-state index contributed by atoms with van der Waals surface area (Å²) in [5.74, 6) is 0.817. The fourth-order valence-electron chi connectivity index (χ4n) is 3.36. The van der Waals surface area contributed by atoms with Crippen molar-refractivity contribution in [2.45, 2.75) is 25.8 Å². The first kappa shape index (κ1) is 17.0. The number of hydrogen-bond acceptors (Lipinski definition) is 5. The molecular weight excluding hydrogens is 320 g/mol. The summed E-state index contributed by atoms with van der Waals surface area (Å²) in [5.41, 5.74) is 1.96. The lowest BCUT2D eigenvalue weighted by Gasteiger charge is -2.27. The van der Waals surface area contributed by atoms with Crippen LogP contribution >= 0.6 is 0 Å². The predicted molar refractivity (Wildman–Crippen MR) is 95.4 cm³/mol. The van der Waals surface area contributed by atoms with Crippen LogP contribution in [0.2, 0.25) is 0 Å². The molecule has 3 rings (SSSR count). The molecule has 25 heavy (non-hydrogen) atoms. The van der Waals surface area contributed by atoms with Gasteiger partial charge in [-0.3, -0.25) is 14.9 Å². The van der Waals surface area contributed by atoms with Crippen LogP contribution in [0.4, 0.5) is 11.4 Å². The highest BCUT2D eigenvalue weighted by Gasteiger charge is 2.31. The van der Waals surface area contributed by atoms with Gasteiger partial charge in [0.1, 0.15) is 17.7 Å². The maximum absolute atomic E-state index is 11.5. The van der Waals surface area contributed by atoms with Gasteiger partial charge in [-0.15, -0.1) is 0 Å². The summed E-state index contributed by atoms with van der Waals surface area (Å²) in [6.07, 6.45) is 2.52. The van der Waals surface area contributed by atoms with Crippen LogP contribution in [0.15, 0.2) is 42.5 Å². The number of ether oxygens (including phenoxy) is 1. The third-order valence-electron chi connectivity index (χ3n) is 4.47. The van der Waals surface area contributed by atoms with Crippen molar-refractivity contribution in [2.75, 3.05) is 18.1 Å². The Morgan fingerprint density at radius 1 is 1.28 bits per heavy atom. The molecule has 2 aromatic rings. The van der Waals surface area contributed by atoms with Crippen molar-refractivity contribution in [3.05, 3.63) is 63.7 Å². The molecule has 0 aromatic heterocycles. The first-order valence-electron chi connectivity index (χ1n) is 8.37. The van der Waals surface area contributed by atoms with Crippen molar-refractivity contribution in [3.63, 3.8) is 0 Å². The standard InChI is InChI=1S/C19H20N2O4/c1-2-25-16-8-6-15(7-9-16)17-4-3-11-20(17)18-10-5-14(13-22)12-19(18)21(23)24/h5-10,12-13,17H,2-4,11H2,1H3/t17-/m1/s1. The second-order valence-electron chi connectivity index (χ2n) is 5.98. The number of aldehydes is 1. The van der Waals surface area contributed by atoms with Crippen LogP contribution in [0, 0.1) is 10.1 Å². The van der Waals surface area contributed by atoms with Gasteiger partial charge in [0.25, 0.3) is 5.69 Å². The third kappa shape index (κ3) is 3.47. The normalized spacial score (nSPS) is 16.7. The molecule has 0 bridgehead atoms. The molecule has 6 nitrogen and oxygen atoms in total. The molecule has 0 saturated carbocycles. The van der Waals surface area contributed by atoms with E-state index >= 15 is 0 Å². The van der Waals surface area contributed by atoms with Crippen molar-refractivity contribution in [1.29, 1.82) is 0 Å². The highest BCUT2D eigenvalue weighted by Crippen LogP contribution is 2.40. The molecule has 130 valence electrons. The van der Waals surface area contributed by atoms with E-state index < -0.39 is 4.92 Å². The summed E-state index contributed by atoms with van der Waals surface area (Å²) in [7, 11) is 0. The van der Waals surface area contributed by atoms with Gasteiger partial charge in [0.05, 0.1) is 17.6 Å². The van der Waals surface area contributed by atoms with E-state index in [9.17, 15) is 14.9 Å². The second kappa shape index (κ2) is 7.34. The quantitative estimate of drug-likeness (QED) is 0.449. The second-order valence-corrected chi connectivity index (χ2v) is 5.98. The molecule has 1 aliphatic rings. The van der Waals surface area contributed by atoms with Crippen LogP contribution in [0.5, 0.6) is 5.75 Å². The number of carbonyl (C=O) groups excluding carboxylic acids is 1. The number of anilines is 1. The minimum absolute atomic E-state index is 0.0255. The van der Waals surface area contributed by atoms with Gasteiger partial charge in [-0.25, -0.2) is 0 Å². The molecule has 1 fully saturated rings. The summed E-state index contributed by atoms with van der Waals surface area (Å²) in [6.45, 7) is 3.30. The number of benzene rings is 2. The molecule has 1 aliphatic heterocycles. The van der Waals surface area contributed by atoms with Crippen LogP contribution in [0.25, 0.3) is 0 Å². The van der Waals surface area contributed by atoms with Crippen LogP contribution in [-0.2, 0) is 0 Å². The minimum atomic E-state index is -0.421. The fourth-order valence-corrected chi connectivity index (χ4v) is 3.36. The molecule has 6 heteroatoms. The summed E-state index contributed by atoms with van der Waals surface area (Å²) < 4.78 is 5.48. The molecule has 1 atom stereocenters. The number of hydrogen-bond donors (Lipinski definition) is 0. The Bertz CT molecular complexity index is 773. The Morgan fingerprint density at radius 2 is 2.04 bits per heavy atom. The molecule has 0 spiro atoms. The van der Waals surface area contributed by atoms with Crippen molar-refractivity contribution < 1.29 is 14.5 Å². The van der Waals surface area contributed by atoms with Gasteiger partial charge in [0, 0.05) is 18.2 Å². The maximum Gasteiger partial charge on any atom is 0.293 e. The van der Waals surface area contributed by atoms with E-state index in [1.807, 2.05) is 31.2 Å². The lowest BCUT2D eigenvalue weighted by Crippen LogP contribution is -2.23. The summed E-state index contributed by atoms with van der Waals surface area (Å²) in [4.78, 5) is 24.0. The van der Waals surface area contributed by atoms with Crippen LogP contribution in [-0.4, -0.2) is 24.4 Å². The number of nitrogens with zero attached hydrogens (tertiary/aromatic N) is 2. The highest BCUT2D eigenvalue weighted by molar-refractivity contribution is 5.80. The topological polar surface area (TPSA) is 72.7 Å². The fraction of sp³-hybridized carbons (Fsp3) is 0.316. The zero-order chi connectivity index (χ0) is 17.8. The average molecular weight is 340 g/mol. The Balaban J connectivity index is 1.94. The highest BCUT2D eigenvalue weighted by atomic mass is 16.6. The SMILES string of the molecule is CCOc1ccc([C@H]2CCCN2c2ccc(C=O)cc2[N+](=O)[O-])cc1. The minimum Gasteiger partial charge on any atom is -0.494 e. The summed E-state index contributed by atoms with van der Waals surface area (Å²) in [5, 5.41) is 11.5.